The van der Waals surface area contributed by atoms with Gasteiger partial charge in [-0.2, -0.15) is 0 Å². The Morgan fingerprint density at radius 3 is 2.34 bits per heavy atom. The summed E-state index contributed by atoms with van der Waals surface area (Å²) in [5, 5.41) is 9.16. The maximum absolute atomic E-state index is 12.1. The van der Waals surface area contributed by atoms with Gasteiger partial charge in [-0.1, -0.05) is 0 Å². The number of nitrogens with zero attached hydrogens (tertiary/aromatic N) is 4. The monoisotopic (exact) mass is 430 g/mol. The third-order valence-electron chi connectivity index (χ3n) is 6.64. The predicted octanol–water partition coefficient (Wildman–Crippen LogP) is 3.80. The molecule has 2 atom stereocenters. The highest BCUT2D eigenvalue weighted by atomic mass is 16.4. The summed E-state index contributed by atoms with van der Waals surface area (Å²) in [6.45, 7) is 0. The molecule has 3 heterocycles. The van der Waals surface area contributed by atoms with Crippen molar-refractivity contribution >= 4 is 5.97 Å². The van der Waals surface area contributed by atoms with E-state index in [0.29, 0.717) is 23.4 Å². The maximum Gasteiger partial charge on any atom is 0.337 e. The molecular formula is C25H26N4O3. The predicted molar refractivity (Wildman–Crippen MR) is 119 cm³/mol. The van der Waals surface area contributed by atoms with Crippen LogP contribution in [0.25, 0.3) is 5.69 Å². The Kier molecular flexibility index (Phi) is 5.55. The summed E-state index contributed by atoms with van der Waals surface area (Å²) in [7, 11) is 0. The molecule has 0 amide bonds. The summed E-state index contributed by atoms with van der Waals surface area (Å²) in [5.41, 5.74) is 2.63. The lowest BCUT2D eigenvalue weighted by Crippen LogP contribution is -2.18. The van der Waals surface area contributed by atoms with Gasteiger partial charge in [0.15, 0.2) is 0 Å². The molecule has 0 radical (unpaired) electrons. The molecule has 7 nitrogen and oxygen atoms in total. The number of hydrogen-bond donors (Lipinski definition) is 1. The number of carboxylic acid groups (broad SMARTS) is 1. The van der Waals surface area contributed by atoms with E-state index in [0.717, 1.165) is 30.8 Å². The minimum absolute atomic E-state index is 0.0665. The van der Waals surface area contributed by atoms with E-state index in [9.17, 15) is 9.59 Å². The first kappa shape index (κ1) is 20.5. The van der Waals surface area contributed by atoms with E-state index < -0.39 is 5.97 Å². The van der Waals surface area contributed by atoms with Crippen molar-refractivity contribution in [1.82, 2.24) is 19.5 Å². The fourth-order valence-electron chi connectivity index (χ4n) is 4.70. The molecule has 32 heavy (non-hydrogen) atoms. The average molecular weight is 431 g/mol. The second-order valence-electron chi connectivity index (χ2n) is 9.10. The van der Waals surface area contributed by atoms with Crippen LogP contribution in [-0.2, 0) is 12.8 Å². The summed E-state index contributed by atoms with van der Waals surface area (Å²) in [6, 6.07) is 6.34. The molecule has 0 aromatic carbocycles. The van der Waals surface area contributed by atoms with Crippen LogP contribution in [0.5, 0.6) is 0 Å². The Bertz CT molecular complexity index is 1170. The Balaban J connectivity index is 1.19. The lowest BCUT2D eigenvalue weighted by molar-refractivity contribution is 0.0696. The first-order valence-electron chi connectivity index (χ1n) is 11.3. The highest BCUT2D eigenvalue weighted by molar-refractivity contribution is 5.87. The highest BCUT2D eigenvalue weighted by Gasteiger charge is 2.27. The van der Waals surface area contributed by atoms with Crippen LogP contribution in [0.15, 0.2) is 53.8 Å². The fourth-order valence-corrected chi connectivity index (χ4v) is 4.70. The van der Waals surface area contributed by atoms with Gasteiger partial charge < -0.3 is 5.11 Å². The van der Waals surface area contributed by atoms with Crippen molar-refractivity contribution in [3.8, 4) is 5.69 Å². The molecule has 0 aliphatic heterocycles. The SMILES string of the molecule is O=C(O)c1ccc(=O)n(-c2ccc(C[C@H]3CC[C@H](Cc4ncc(C5CC5)cn4)C3)nc2)c1. The van der Waals surface area contributed by atoms with E-state index in [2.05, 4.69) is 15.0 Å². The molecule has 164 valence electrons. The van der Waals surface area contributed by atoms with Gasteiger partial charge in [0.25, 0.3) is 5.56 Å². The van der Waals surface area contributed by atoms with Crippen LogP contribution in [0.4, 0.5) is 0 Å². The van der Waals surface area contributed by atoms with E-state index in [4.69, 9.17) is 5.11 Å². The largest absolute Gasteiger partial charge is 0.478 e. The number of rotatable bonds is 7. The number of carboxylic acids is 1. The van der Waals surface area contributed by atoms with E-state index in [1.807, 2.05) is 24.5 Å². The molecular weight excluding hydrogens is 404 g/mol. The third-order valence-corrected chi connectivity index (χ3v) is 6.64. The fraction of sp³-hybridized carbons (Fsp3) is 0.400. The zero-order valence-electron chi connectivity index (χ0n) is 17.9. The van der Waals surface area contributed by atoms with Gasteiger partial charge in [0.05, 0.1) is 17.4 Å². The van der Waals surface area contributed by atoms with E-state index >= 15 is 0 Å². The van der Waals surface area contributed by atoms with E-state index in [1.54, 1.807) is 6.20 Å². The van der Waals surface area contributed by atoms with Gasteiger partial charge >= 0.3 is 5.97 Å². The van der Waals surface area contributed by atoms with Crippen LogP contribution in [0.2, 0.25) is 0 Å². The average Bonchev–Trinajstić information content (AvgIpc) is 3.56. The molecule has 2 saturated carbocycles. The van der Waals surface area contributed by atoms with Crippen molar-refractivity contribution < 1.29 is 9.90 Å². The number of carbonyl (C=O) groups is 1. The van der Waals surface area contributed by atoms with Gasteiger partial charge in [0, 0.05) is 36.8 Å². The van der Waals surface area contributed by atoms with Gasteiger partial charge in [-0.25, -0.2) is 14.8 Å². The van der Waals surface area contributed by atoms with Crippen LogP contribution < -0.4 is 5.56 Å². The number of pyridine rings is 2. The zero-order valence-corrected chi connectivity index (χ0v) is 17.9. The van der Waals surface area contributed by atoms with Crippen molar-refractivity contribution in [3.05, 3.63) is 82.1 Å². The van der Waals surface area contributed by atoms with Crippen molar-refractivity contribution in [1.29, 1.82) is 0 Å². The van der Waals surface area contributed by atoms with Crippen LogP contribution in [-0.4, -0.2) is 30.6 Å². The van der Waals surface area contributed by atoms with Gasteiger partial charge in [-0.15, -0.1) is 0 Å². The van der Waals surface area contributed by atoms with Crippen LogP contribution >= 0.6 is 0 Å². The quantitative estimate of drug-likeness (QED) is 0.612. The molecule has 5 rings (SSSR count). The molecule has 3 aromatic heterocycles. The molecule has 2 fully saturated rings. The normalized spacial score (nSPS) is 20.4. The standard InChI is InChI=1S/C25H26N4O3/c30-24-8-5-19(25(31)32)15-29(24)22-7-6-21(26-14-22)10-16-1-2-17(9-16)11-23-27-12-20(13-28-23)18-3-4-18/h5-8,12-18H,1-4,9-11H2,(H,31,32)/t16-,17-/m0/s1. The molecule has 0 spiro atoms. The molecule has 3 aromatic rings. The molecule has 2 aliphatic rings. The molecule has 0 unspecified atom stereocenters. The van der Waals surface area contributed by atoms with Crippen LogP contribution in [0.3, 0.4) is 0 Å². The minimum Gasteiger partial charge on any atom is -0.478 e. The van der Waals surface area contributed by atoms with Crippen molar-refractivity contribution in [2.75, 3.05) is 0 Å². The second kappa shape index (κ2) is 8.65. The molecule has 1 N–H and O–H groups in total. The van der Waals surface area contributed by atoms with Crippen molar-refractivity contribution in [2.24, 2.45) is 11.8 Å². The summed E-state index contributed by atoms with van der Waals surface area (Å²) >= 11 is 0. The lowest BCUT2D eigenvalue weighted by atomic mass is 9.97. The Hall–Kier alpha value is -3.35. The maximum atomic E-state index is 12.1. The van der Waals surface area contributed by atoms with Crippen LogP contribution in [0, 0.1) is 11.8 Å². The van der Waals surface area contributed by atoms with E-state index in [1.165, 1.54) is 54.1 Å². The van der Waals surface area contributed by atoms with Crippen molar-refractivity contribution in [3.63, 3.8) is 0 Å². The van der Waals surface area contributed by atoms with Crippen LogP contribution in [0.1, 0.15) is 65.5 Å². The molecule has 2 aliphatic carbocycles. The summed E-state index contributed by atoms with van der Waals surface area (Å²) in [6.07, 6.45) is 14.9. The zero-order chi connectivity index (χ0) is 22.1. The van der Waals surface area contributed by atoms with Gasteiger partial charge in [-0.05, 0) is 80.0 Å². The molecule has 0 bridgehead atoms. The second-order valence-corrected chi connectivity index (χ2v) is 9.10. The molecule has 0 saturated heterocycles. The molecule has 7 heteroatoms. The smallest absolute Gasteiger partial charge is 0.337 e. The van der Waals surface area contributed by atoms with Gasteiger partial charge in [0.1, 0.15) is 5.82 Å². The van der Waals surface area contributed by atoms with Crippen molar-refractivity contribution in [2.45, 2.75) is 50.9 Å². The Labute approximate surface area is 186 Å². The summed E-state index contributed by atoms with van der Waals surface area (Å²) < 4.78 is 1.32. The highest BCUT2D eigenvalue weighted by Crippen LogP contribution is 2.39. The number of aromatic nitrogens is 4. The minimum atomic E-state index is -1.07. The summed E-state index contributed by atoms with van der Waals surface area (Å²) in [4.78, 5) is 37.0. The van der Waals surface area contributed by atoms with E-state index in [-0.39, 0.29) is 11.1 Å². The number of aromatic carboxylic acids is 1. The summed E-state index contributed by atoms with van der Waals surface area (Å²) in [5.74, 6) is 1.78. The Morgan fingerprint density at radius 2 is 1.69 bits per heavy atom. The third kappa shape index (κ3) is 4.61. The number of hydrogen-bond acceptors (Lipinski definition) is 5. The lowest BCUT2D eigenvalue weighted by Gasteiger charge is -2.12. The topological polar surface area (TPSA) is 98.0 Å². The van der Waals surface area contributed by atoms with Gasteiger partial charge in [0.2, 0.25) is 0 Å². The first-order chi connectivity index (χ1) is 15.5. The first-order valence-corrected chi connectivity index (χ1v) is 11.3. The van der Waals surface area contributed by atoms with Gasteiger partial charge in [-0.3, -0.25) is 14.3 Å². The Morgan fingerprint density at radius 1 is 0.938 bits per heavy atom.